The van der Waals surface area contributed by atoms with Crippen LogP contribution in [0.3, 0.4) is 0 Å². The van der Waals surface area contributed by atoms with Crippen molar-refractivity contribution in [2.24, 2.45) is 5.92 Å². The molecule has 0 radical (unpaired) electrons. The smallest absolute Gasteiger partial charge is 0.198 e. The van der Waals surface area contributed by atoms with Gasteiger partial charge in [0.2, 0.25) is 0 Å². The number of aromatic nitrogens is 2. The molecule has 5 heteroatoms. The van der Waals surface area contributed by atoms with Crippen molar-refractivity contribution >= 4 is 10.9 Å². The minimum absolute atomic E-state index is 0. The van der Waals surface area contributed by atoms with Gasteiger partial charge in [-0.15, -0.1) is 0 Å². The highest BCUT2D eigenvalue weighted by molar-refractivity contribution is 5.83. The van der Waals surface area contributed by atoms with Gasteiger partial charge >= 0.3 is 0 Å². The van der Waals surface area contributed by atoms with E-state index in [9.17, 15) is 0 Å². The number of hydrogen-bond acceptors (Lipinski definition) is 4. The van der Waals surface area contributed by atoms with E-state index in [4.69, 9.17) is 9.40 Å². The summed E-state index contributed by atoms with van der Waals surface area (Å²) in [7, 11) is 4.46. The molecule has 0 aliphatic heterocycles. The van der Waals surface area contributed by atoms with Gasteiger partial charge < -0.3 is 15.6 Å². The molecule has 0 amide bonds. The van der Waals surface area contributed by atoms with E-state index in [1.54, 1.807) is 0 Å². The van der Waals surface area contributed by atoms with Crippen LogP contribution in [0.1, 0.15) is 54.4 Å². The molecule has 1 fully saturated rings. The Kier molecular flexibility index (Phi) is 6.73. The molecule has 5 rings (SSSR count). The highest BCUT2D eigenvalue weighted by Crippen LogP contribution is 2.47. The number of rotatable bonds is 6. The Hall–Kier alpha value is -2.89. The first kappa shape index (κ1) is 23.3. The van der Waals surface area contributed by atoms with Gasteiger partial charge in [-0.05, 0) is 76.2 Å². The second kappa shape index (κ2) is 9.54. The van der Waals surface area contributed by atoms with Crippen LogP contribution in [0.2, 0.25) is 0 Å². The lowest BCUT2D eigenvalue weighted by Gasteiger charge is -2.46. The van der Waals surface area contributed by atoms with Crippen molar-refractivity contribution in [3.05, 3.63) is 89.8 Å². The minimum Gasteiger partial charge on any atom is -0.446 e. The number of aromatic amines is 1. The Labute approximate surface area is 196 Å². The molecule has 0 bridgehead atoms. The van der Waals surface area contributed by atoms with E-state index < -0.39 is 0 Å². The van der Waals surface area contributed by atoms with Crippen LogP contribution in [-0.4, -0.2) is 29.0 Å². The van der Waals surface area contributed by atoms with Crippen LogP contribution in [0.25, 0.3) is 10.9 Å². The zero-order chi connectivity index (χ0) is 22.1. The third-order valence-corrected chi connectivity index (χ3v) is 7.66. The van der Waals surface area contributed by atoms with Gasteiger partial charge in [-0.25, -0.2) is 4.98 Å². The number of fused-ring (bicyclic) bond motifs is 1. The number of nitrogens with one attached hydrogen (secondary N) is 1. The summed E-state index contributed by atoms with van der Waals surface area (Å²) in [5.41, 5.74) is 4.09. The molecule has 0 saturated heterocycles. The zero-order valence-electron chi connectivity index (χ0n) is 20.1. The summed E-state index contributed by atoms with van der Waals surface area (Å²) in [5, 5.41) is 1.31. The van der Waals surface area contributed by atoms with E-state index in [-0.39, 0.29) is 11.7 Å². The first-order valence-corrected chi connectivity index (χ1v) is 11.8. The monoisotopic (exact) mass is 444 g/mol. The highest BCUT2D eigenvalue weighted by atomic mass is 16.4. The first-order chi connectivity index (χ1) is 15.6. The number of benzene rings is 2. The van der Waals surface area contributed by atoms with Gasteiger partial charge in [0.05, 0.1) is 6.20 Å². The Morgan fingerprint density at radius 2 is 1.76 bits per heavy atom. The fourth-order valence-electron chi connectivity index (χ4n) is 5.80. The molecule has 1 aliphatic carbocycles. The molecule has 2 aromatic heterocycles. The summed E-state index contributed by atoms with van der Waals surface area (Å²) in [5.74, 6) is 2.64. The fourth-order valence-corrected chi connectivity index (χ4v) is 5.80. The van der Waals surface area contributed by atoms with Crippen LogP contribution in [-0.2, 0) is 12.0 Å². The summed E-state index contributed by atoms with van der Waals surface area (Å²) >= 11 is 0. The van der Waals surface area contributed by atoms with Crippen LogP contribution in [0.15, 0.2) is 71.4 Å². The van der Waals surface area contributed by atoms with Crippen LogP contribution in [0.5, 0.6) is 0 Å². The predicted molar refractivity (Wildman–Crippen MR) is 135 cm³/mol. The van der Waals surface area contributed by atoms with Gasteiger partial charge in [-0.1, -0.05) is 48.5 Å². The summed E-state index contributed by atoms with van der Waals surface area (Å²) in [6.45, 7) is 1.99. The lowest BCUT2D eigenvalue weighted by Crippen LogP contribution is -2.45. The molecule has 4 aromatic rings. The molecule has 1 atom stereocenters. The Bertz CT molecular complexity index is 1170. The average molecular weight is 445 g/mol. The molecule has 2 aromatic carbocycles. The van der Waals surface area contributed by atoms with E-state index in [1.807, 2.05) is 13.1 Å². The minimum atomic E-state index is 0. The Morgan fingerprint density at radius 3 is 2.42 bits per heavy atom. The number of nitrogens with zero attached hydrogens (tertiary/aromatic N) is 2. The third-order valence-electron chi connectivity index (χ3n) is 7.66. The number of aryl methyl sites for hydroxylation is 1. The maximum atomic E-state index is 6.11. The van der Waals surface area contributed by atoms with E-state index in [2.05, 4.69) is 84.8 Å². The molecular weight excluding hydrogens is 408 g/mol. The summed E-state index contributed by atoms with van der Waals surface area (Å²) in [6.07, 6.45) is 9.63. The molecule has 0 spiro atoms. The number of hydrogen-bond donors (Lipinski definition) is 2. The predicted octanol–water partition coefficient (Wildman–Crippen LogP) is 6.60. The molecule has 1 aliphatic rings. The fraction of sp³-hybridized carbons (Fsp3) is 0.393. The summed E-state index contributed by atoms with van der Waals surface area (Å²) in [6, 6.07) is 19.6. The average Bonchev–Trinajstić information content (AvgIpc) is 3.44. The highest BCUT2D eigenvalue weighted by Gasteiger charge is 2.41. The van der Waals surface area contributed by atoms with Crippen molar-refractivity contribution in [2.45, 2.75) is 50.5 Å². The molecular formula is C28H36N4O. The molecule has 4 N–H and O–H groups in total. The van der Waals surface area contributed by atoms with E-state index in [0.29, 0.717) is 11.8 Å². The van der Waals surface area contributed by atoms with Gasteiger partial charge in [0, 0.05) is 28.6 Å². The zero-order valence-corrected chi connectivity index (χ0v) is 20.1. The van der Waals surface area contributed by atoms with Crippen molar-refractivity contribution in [2.75, 3.05) is 14.1 Å². The number of H-pyrrole nitrogens is 1. The van der Waals surface area contributed by atoms with Gasteiger partial charge in [-0.3, -0.25) is 4.90 Å². The van der Waals surface area contributed by atoms with Crippen molar-refractivity contribution in [1.82, 2.24) is 21.0 Å². The van der Waals surface area contributed by atoms with Gasteiger partial charge in [-0.2, -0.15) is 0 Å². The summed E-state index contributed by atoms with van der Waals surface area (Å²) < 4.78 is 6.11. The van der Waals surface area contributed by atoms with Crippen LogP contribution in [0.4, 0.5) is 0 Å². The molecule has 1 unspecified atom stereocenters. The first-order valence-electron chi connectivity index (χ1n) is 11.8. The molecule has 2 heterocycles. The molecule has 5 nitrogen and oxygen atoms in total. The quantitative estimate of drug-likeness (QED) is 0.351. The lowest BCUT2D eigenvalue weighted by atomic mass is 9.68. The Morgan fingerprint density at radius 1 is 1.06 bits per heavy atom. The third kappa shape index (κ3) is 4.35. The van der Waals surface area contributed by atoms with Crippen LogP contribution in [0, 0.1) is 12.8 Å². The van der Waals surface area contributed by atoms with Gasteiger partial charge in [0.25, 0.3) is 0 Å². The van der Waals surface area contributed by atoms with Gasteiger partial charge in [0.15, 0.2) is 5.89 Å². The Balaban J connectivity index is 0.00000259. The van der Waals surface area contributed by atoms with Crippen molar-refractivity contribution in [3.8, 4) is 0 Å². The van der Waals surface area contributed by atoms with E-state index >= 15 is 0 Å². The maximum Gasteiger partial charge on any atom is 0.198 e. The normalized spacial score (nSPS) is 21.8. The number of para-hydroxylation sites is 1. The van der Waals surface area contributed by atoms with Crippen molar-refractivity contribution < 1.29 is 4.42 Å². The second-order valence-corrected chi connectivity index (χ2v) is 9.61. The molecule has 33 heavy (non-hydrogen) atoms. The van der Waals surface area contributed by atoms with Crippen LogP contribution >= 0.6 is 0 Å². The van der Waals surface area contributed by atoms with Crippen LogP contribution < -0.4 is 6.15 Å². The topological polar surface area (TPSA) is 80.1 Å². The van der Waals surface area contributed by atoms with E-state index in [0.717, 1.165) is 30.9 Å². The summed E-state index contributed by atoms with van der Waals surface area (Å²) in [4.78, 5) is 10.6. The largest absolute Gasteiger partial charge is 0.446 e. The maximum absolute atomic E-state index is 6.11. The lowest BCUT2D eigenvalue weighted by molar-refractivity contribution is 0.0677. The van der Waals surface area contributed by atoms with Gasteiger partial charge in [0.1, 0.15) is 5.76 Å². The van der Waals surface area contributed by atoms with Crippen molar-refractivity contribution in [3.63, 3.8) is 0 Å². The SMILES string of the molecule is Cc1cnc(C(Cc2c[nH]c3ccccc23)C2CCC(c3ccccc3)(N(C)C)CC2)o1.N. The van der Waals surface area contributed by atoms with E-state index in [1.165, 1.54) is 34.9 Å². The molecule has 174 valence electrons. The molecule has 1 saturated carbocycles. The van der Waals surface area contributed by atoms with Crippen molar-refractivity contribution in [1.29, 1.82) is 0 Å². The standard InChI is InChI=1S/C28H33N3O.H3N/c1-20-18-30-27(32-20)25(17-22-19-29-26-12-8-7-11-24(22)26)21-13-15-28(16-14-21,31(2)3)23-9-5-4-6-10-23;/h4-12,18-19,21,25,29H,13-17H2,1-3H3;1H3. The second-order valence-electron chi connectivity index (χ2n) is 9.61. The number of oxazole rings is 1.